The highest BCUT2D eigenvalue weighted by Gasteiger charge is 2.23. The number of hydrogen-bond acceptors (Lipinski definition) is 3. The van der Waals surface area contributed by atoms with Gasteiger partial charge in [-0.15, -0.1) is 11.3 Å². The van der Waals surface area contributed by atoms with E-state index in [9.17, 15) is 0 Å². The lowest BCUT2D eigenvalue weighted by atomic mass is 10.0. The predicted octanol–water partition coefficient (Wildman–Crippen LogP) is 2.58. The molecule has 1 aliphatic heterocycles. The van der Waals surface area contributed by atoms with E-state index in [1.54, 1.807) is 17.6 Å². The predicted molar refractivity (Wildman–Crippen MR) is 56.6 cm³/mol. The standard InChI is InChI=1S/C11H11NOS/c1-2-10(14-7-1)11-8-4-6-13-9(8)3-5-12-11/h1-2,4,6-7,11-12H,3,5H2. The first-order chi connectivity index (χ1) is 6.95. The van der Waals surface area contributed by atoms with Gasteiger partial charge in [0.05, 0.1) is 12.3 Å². The van der Waals surface area contributed by atoms with Crippen molar-refractivity contribution in [2.45, 2.75) is 12.5 Å². The Balaban J connectivity index is 2.04. The SMILES string of the molecule is c1csc(C2NCCc3occc32)c1. The van der Waals surface area contributed by atoms with Crippen molar-refractivity contribution in [2.24, 2.45) is 0 Å². The number of fused-ring (bicyclic) bond motifs is 1. The van der Waals surface area contributed by atoms with Crippen molar-refractivity contribution in [2.75, 3.05) is 6.54 Å². The third-order valence-corrected chi connectivity index (χ3v) is 3.56. The third-order valence-electron chi connectivity index (χ3n) is 2.62. The summed E-state index contributed by atoms with van der Waals surface area (Å²) in [5.41, 5.74) is 1.30. The van der Waals surface area contributed by atoms with Crippen molar-refractivity contribution in [3.05, 3.63) is 46.0 Å². The van der Waals surface area contributed by atoms with Crippen LogP contribution in [-0.4, -0.2) is 6.54 Å². The second-order valence-electron chi connectivity index (χ2n) is 3.45. The maximum Gasteiger partial charge on any atom is 0.110 e. The van der Waals surface area contributed by atoms with Gasteiger partial charge in [-0.3, -0.25) is 0 Å². The van der Waals surface area contributed by atoms with E-state index in [0.717, 1.165) is 18.7 Å². The largest absolute Gasteiger partial charge is 0.469 e. The van der Waals surface area contributed by atoms with Crippen molar-refractivity contribution in [3.63, 3.8) is 0 Å². The molecule has 3 heterocycles. The van der Waals surface area contributed by atoms with Gasteiger partial charge in [-0.2, -0.15) is 0 Å². The van der Waals surface area contributed by atoms with Crippen LogP contribution in [0.15, 0.2) is 34.3 Å². The second-order valence-corrected chi connectivity index (χ2v) is 4.43. The van der Waals surface area contributed by atoms with Crippen LogP contribution in [0, 0.1) is 0 Å². The maximum atomic E-state index is 5.45. The van der Waals surface area contributed by atoms with Crippen molar-refractivity contribution >= 4 is 11.3 Å². The summed E-state index contributed by atoms with van der Waals surface area (Å²) in [7, 11) is 0. The van der Waals surface area contributed by atoms with Crippen LogP contribution in [0.1, 0.15) is 22.2 Å². The topological polar surface area (TPSA) is 25.2 Å². The second kappa shape index (κ2) is 3.26. The minimum atomic E-state index is 0.345. The van der Waals surface area contributed by atoms with E-state index in [4.69, 9.17) is 4.42 Å². The molecule has 0 spiro atoms. The summed E-state index contributed by atoms with van der Waals surface area (Å²) in [4.78, 5) is 1.37. The molecule has 2 aromatic rings. The molecule has 0 bridgehead atoms. The lowest BCUT2D eigenvalue weighted by molar-refractivity contribution is 0.458. The highest BCUT2D eigenvalue weighted by molar-refractivity contribution is 7.10. The van der Waals surface area contributed by atoms with E-state index in [0.29, 0.717) is 6.04 Å². The molecule has 0 radical (unpaired) electrons. The Morgan fingerprint density at radius 1 is 1.43 bits per heavy atom. The van der Waals surface area contributed by atoms with E-state index in [1.165, 1.54) is 10.4 Å². The molecule has 0 aromatic carbocycles. The van der Waals surface area contributed by atoms with E-state index in [1.807, 2.05) is 0 Å². The summed E-state index contributed by atoms with van der Waals surface area (Å²) in [6.07, 6.45) is 2.79. The molecule has 2 nitrogen and oxygen atoms in total. The van der Waals surface area contributed by atoms with Crippen molar-refractivity contribution in [1.29, 1.82) is 0 Å². The molecule has 72 valence electrons. The van der Waals surface area contributed by atoms with Crippen LogP contribution < -0.4 is 5.32 Å². The molecule has 0 saturated carbocycles. The molecule has 1 unspecified atom stereocenters. The van der Waals surface area contributed by atoms with Crippen molar-refractivity contribution in [3.8, 4) is 0 Å². The number of nitrogens with one attached hydrogen (secondary N) is 1. The minimum absolute atomic E-state index is 0.345. The molecule has 1 atom stereocenters. The quantitative estimate of drug-likeness (QED) is 0.774. The van der Waals surface area contributed by atoms with E-state index >= 15 is 0 Å². The first-order valence-electron chi connectivity index (χ1n) is 4.78. The van der Waals surface area contributed by atoms with Crippen LogP contribution in [0.5, 0.6) is 0 Å². The Kier molecular flexibility index (Phi) is 1.92. The number of rotatable bonds is 1. The number of thiophene rings is 1. The molecular weight excluding hydrogens is 194 g/mol. The zero-order chi connectivity index (χ0) is 9.38. The summed E-state index contributed by atoms with van der Waals surface area (Å²) in [5, 5.41) is 5.63. The number of hydrogen-bond donors (Lipinski definition) is 1. The highest BCUT2D eigenvalue weighted by atomic mass is 32.1. The van der Waals surface area contributed by atoms with E-state index in [2.05, 4.69) is 28.9 Å². The van der Waals surface area contributed by atoms with Crippen LogP contribution >= 0.6 is 11.3 Å². The molecule has 3 rings (SSSR count). The Labute approximate surface area is 86.6 Å². The zero-order valence-electron chi connectivity index (χ0n) is 7.69. The van der Waals surface area contributed by atoms with Crippen LogP contribution in [0.4, 0.5) is 0 Å². The molecular formula is C11H11NOS. The maximum absolute atomic E-state index is 5.45. The van der Waals surface area contributed by atoms with Gasteiger partial charge in [-0.1, -0.05) is 6.07 Å². The van der Waals surface area contributed by atoms with Crippen LogP contribution in [0.2, 0.25) is 0 Å². The van der Waals surface area contributed by atoms with Gasteiger partial charge in [0.1, 0.15) is 5.76 Å². The number of furan rings is 1. The zero-order valence-corrected chi connectivity index (χ0v) is 8.51. The van der Waals surface area contributed by atoms with Gasteiger partial charge in [0.2, 0.25) is 0 Å². The molecule has 14 heavy (non-hydrogen) atoms. The van der Waals surface area contributed by atoms with Gasteiger partial charge in [0.25, 0.3) is 0 Å². The Bertz CT molecular complexity index is 418. The van der Waals surface area contributed by atoms with Gasteiger partial charge < -0.3 is 9.73 Å². The molecule has 0 fully saturated rings. The fraction of sp³-hybridized carbons (Fsp3) is 0.273. The van der Waals surface area contributed by atoms with Crippen molar-refractivity contribution < 1.29 is 4.42 Å². The molecule has 3 heteroatoms. The van der Waals surface area contributed by atoms with Gasteiger partial charge in [-0.25, -0.2) is 0 Å². The van der Waals surface area contributed by atoms with Crippen LogP contribution in [0.3, 0.4) is 0 Å². The molecule has 1 N–H and O–H groups in total. The van der Waals surface area contributed by atoms with Crippen LogP contribution in [0.25, 0.3) is 0 Å². The lowest BCUT2D eigenvalue weighted by Crippen LogP contribution is -2.28. The highest BCUT2D eigenvalue weighted by Crippen LogP contribution is 2.31. The monoisotopic (exact) mass is 205 g/mol. The summed E-state index contributed by atoms with van der Waals surface area (Å²) >= 11 is 1.79. The Hall–Kier alpha value is -1.06. The summed E-state index contributed by atoms with van der Waals surface area (Å²) < 4.78 is 5.45. The van der Waals surface area contributed by atoms with E-state index in [-0.39, 0.29) is 0 Å². The molecule has 0 amide bonds. The molecule has 0 aliphatic carbocycles. The summed E-state index contributed by atoms with van der Waals surface area (Å²) in [5.74, 6) is 1.14. The smallest absolute Gasteiger partial charge is 0.110 e. The van der Waals surface area contributed by atoms with Gasteiger partial charge in [0, 0.05) is 23.4 Å². The lowest BCUT2D eigenvalue weighted by Gasteiger charge is -2.22. The summed E-state index contributed by atoms with van der Waals surface area (Å²) in [6, 6.07) is 6.68. The molecule has 2 aromatic heterocycles. The fourth-order valence-corrected chi connectivity index (χ4v) is 2.78. The molecule has 1 aliphatic rings. The normalized spacial score (nSPS) is 20.7. The molecule has 0 saturated heterocycles. The third kappa shape index (κ3) is 1.21. The summed E-state index contributed by atoms with van der Waals surface area (Å²) in [6.45, 7) is 1.00. The first-order valence-corrected chi connectivity index (χ1v) is 5.66. The first kappa shape index (κ1) is 8.26. The fourth-order valence-electron chi connectivity index (χ4n) is 1.96. The van der Waals surface area contributed by atoms with Gasteiger partial charge >= 0.3 is 0 Å². The van der Waals surface area contributed by atoms with Crippen LogP contribution in [-0.2, 0) is 6.42 Å². The average Bonchev–Trinajstić information content (AvgIpc) is 2.88. The minimum Gasteiger partial charge on any atom is -0.469 e. The van der Waals surface area contributed by atoms with Crippen molar-refractivity contribution in [1.82, 2.24) is 5.32 Å². The Morgan fingerprint density at radius 2 is 2.43 bits per heavy atom. The van der Waals surface area contributed by atoms with E-state index < -0.39 is 0 Å². The average molecular weight is 205 g/mol. The van der Waals surface area contributed by atoms with Gasteiger partial charge in [0.15, 0.2) is 0 Å². The Morgan fingerprint density at radius 3 is 3.29 bits per heavy atom. The van der Waals surface area contributed by atoms with Gasteiger partial charge in [-0.05, 0) is 17.5 Å².